The van der Waals surface area contributed by atoms with Gasteiger partial charge in [-0.3, -0.25) is 0 Å². The number of hydrogen-bond donors (Lipinski definition) is 0. The molecule has 0 aliphatic carbocycles. The molecule has 22 heavy (non-hydrogen) atoms. The predicted molar refractivity (Wildman–Crippen MR) is 83.1 cm³/mol. The average molecular weight is 315 g/mol. The first kappa shape index (κ1) is 18.1. The quantitative estimate of drug-likeness (QED) is 0.569. The fourth-order valence-corrected chi connectivity index (χ4v) is 1.83. The number of nitrogens with zero attached hydrogens (tertiary/aromatic N) is 2. The summed E-state index contributed by atoms with van der Waals surface area (Å²) in [5, 5.41) is 0. The molecule has 0 atom stereocenters. The van der Waals surface area contributed by atoms with Crippen molar-refractivity contribution in [3.63, 3.8) is 0 Å². The third-order valence-corrected chi connectivity index (χ3v) is 2.87. The summed E-state index contributed by atoms with van der Waals surface area (Å²) in [6, 6.07) is 10.4. The maximum Gasteiger partial charge on any atom is 0.673 e. The normalized spacial score (nSPS) is 14.4. The summed E-state index contributed by atoms with van der Waals surface area (Å²) in [5.41, 5.74) is 1.24. The van der Waals surface area contributed by atoms with Crippen LogP contribution in [0.15, 0.2) is 48.9 Å². The minimum atomic E-state index is -6.00. The lowest BCUT2D eigenvalue weighted by Crippen LogP contribution is -2.22. The molecule has 122 valence electrons. The lowest BCUT2D eigenvalue weighted by molar-refractivity contribution is 0.311. The van der Waals surface area contributed by atoms with Crippen LogP contribution in [0.4, 0.5) is 17.3 Å². The molecule has 1 heterocycles. The molecular weight excluding hydrogens is 295 g/mol. The van der Waals surface area contributed by atoms with Crippen LogP contribution in [0.25, 0.3) is 6.08 Å². The van der Waals surface area contributed by atoms with E-state index in [0.717, 1.165) is 13.2 Å². The maximum absolute atomic E-state index is 9.75. The van der Waals surface area contributed by atoms with E-state index >= 15 is 0 Å². The van der Waals surface area contributed by atoms with Crippen molar-refractivity contribution in [2.24, 2.45) is 0 Å². The van der Waals surface area contributed by atoms with Gasteiger partial charge in [0.05, 0.1) is 6.67 Å². The van der Waals surface area contributed by atoms with Crippen molar-refractivity contribution in [3.8, 4) is 0 Å². The molecule has 0 aromatic heterocycles. The fraction of sp³-hybridized carbons (Fsp3) is 0.333. The monoisotopic (exact) mass is 315 g/mol. The molecule has 0 saturated heterocycles. The highest BCUT2D eigenvalue weighted by Gasteiger charge is 2.20. The largest absolute Gasteiger partial charge is 0.673 e. The van der Waals surface area contributed by atoms with E-state index in [1.54, 1.807) is 0 Å². The molecular formula is C15H20BF4N2-. The van der Waals surface area contributed by atoms with Gasteiger partial charge in [-0.2, -0.15) is 0 Å². The number of hydrogen-bond acceptors (Lipinski definition) is 2. The molecule has 0 saturated carbocycles. The van der Waals surface area contributed by atoms with Crippen LogP contribution >= 0.6 is 0 Å². The zero-order chi connectivity index (χ0) is 16.4. The minimum Gasteiger partial charge on any atom is -0.418 e. The SMILES string of the molecule is CCCCN1C=CN(C=Cc2ccccc2)C1.F[B-](F)(F)F. The Bertz CT molecular complexity index is 468. The van der Waals surface area contributed by atoms with Crippen LogP contribution in [0, 0.1) is 0 Å². The third kappa shape index (κ3) is 9.10. The van der Waals surface area contributed by atoms with Crippen molar-refractivity contribution < 1.29 is 17.3 Å². The maximum atomic E-state index is 9.75. The summed E-state index contributed by atoms with van der Waals surface area (Å²) in [5.74, 6) is 0. The van der Waals surface area contributed by atoms with E-state index in [-0.39, 0.29) is 0 Å². The highest BCUT2D eigenvalue weighted by atomic mass is 19.5. The van der Waals surface area contributed by atoms with Gasteiger partial charge in [0, 0.05) is 25.1 Å². The molecule has 0 spiro atoms. The van der Waals surface area contributed by atoms with Gasteiger partial charge in [0.25, 0.3) is 0 Å². The van der Waals surface area contributed by atoms with Crippen LogP contribution in [-0.2, 0) is 0 Å². The summed E-state index contributed by atoms with van der Waals surface area (Å²) in [6.07, 6.45) is 11.1. The molecule has 2 rings (SSSR count). The van der Waals surface area contributed by atoms with E-state index in [0.29, 0.717) is 0 Å². The third-order valence-electron chi connectivity index (χ3n) is 2.87. The Labute approximate surface area is 128 Å². The Morgan fingerprint density at radius 2 is 1.73 bits per heavy atom. The molecule has 7 heteroatoms. The second-order valence-electron chi connectivity index (χ2n) is 4.84. The average Bonchev–Trinajstić information content (AvgIpc) is 2.90. The van der Waals surface area contributed by atoms with E-state index in [4.69, 9.17) is 0 Å². The van der Waals surface area contributed by atoms with E-state index in [2.05, 4.69) is 65.7 Å². The van der Waals surface area contributed by atoms with Crippen LogP contribution in [0.2, 0.25) is 0 Å². The summed E-state index contributed by atoms with van der Waals surface area (Å²) in [7, 11) is -6.00. The van der Waals surface area contributed by atoms with Crippen molar-refractivity contribution in [2.75, 3.05) is 13.2 Å². The second-order valence-corrected chi connectivity index (χ2v) is 4.84. The van der Waals surface area contributed by atoms with E-state index in [1.165, 1.54) is 18.4 Å². The standard InChI is InChI=1S/C15H20N2.BF4/c1-2-3-10-16-12-13-17(14-16)11-9-15-7-5-4-6-8-15;2-1(3,4)5/h4-9,11-13H,2-3,10,14H2,1H3;/q;-1. The molecule has 1 aliphatic rings. The molecule has 2 nitrogen and oxygen atoms in total. The summed E-state index contributed by atoms with van der Waals surface area (Å²) in [6.45, 7) is 4.36. The lowest BCUT2D eigenvalue weighted by atomic mass is 10.2. The van der Waals surface area contributed by atoms with Crippen molar-refractivity contribution in [2.45, 2.75) is 19.8 Å². The zero-order valence-corrected chi connectivity index (χ0v) is 12.5. The first-order valence-corrected chi connectivity index (χ1v) is 7.17. The molecule has 1 aromatic carbocycles. The van der Waals surface area contributed by atoms with Gasteiger partial charge in [0.1, 0.15) is 0 Å². The molecule has 1 aromatic rings. The van der Waals surface area contributed by atoms with Gasteiger partial charge in [-0.15, -0.1) is 0 Å². The molecule has 0 unspecified atom stereocenters. The Kier molecular flexibility index (Phi) is 7.56. The van der Waals surface area contributed by atoms with Crippen LogP contribution < -0.4 is 0 Å². The van der Waals surface area contributed by atoms with Crippen molar-refractivity contribution in [1.82, 2.24) is 9.80 Å². The van der Waals surface area contributed by atoms with Gasteiger partial charge >= 0.3 is 7.25 Å². The minimum absolute atomic E-state index is 0.976. The van der Waals surface area contributed by atoms with Crippen molar-refractivity contribution in [3.05, 3.63) is 54.5 Å². The van der Waals surface area contributed by atoms with Crippen molar-refractivity contribution in [1.29, 1.82) is 0 Å². The van der Waals surface area contributed by atoms with Crippen molar-refractivity contribution >= 4 is 13.3 Å². The number of rotatable bonds is 5. The topological polar surface area (TPSA) is 6.48 Å². The van der Waals surface area contributed by atoms with E-state index in [9.17, 15) is 17.3 Å². The molecule has 0 amide bonds. The van der Waals surface area contributed by atoms with Gasteiger partial charge in [-0.25, -0.2) is 0 Å². The van der Waals surface area contributed by atoms with Gasteiger partial charge in [-0.05, 0) is 18.1 Å². The lowest BCUT2D eigenvalue weighted by Gasteiger charge is -2.18. The molecule has 1 aliphatic heterocycles. The zero-order valence-electron chi connectivity index (χ0n) is 12.5. The Morgan fingerprint density at radius 1 is 1.09 bits per heavy atom. The number of benzene rings is 1. The van der Waals surface area contributed by atoms with Crippen LogP contribution in [0.3, 0.4) is 0 Å². The second kappa shape index (κ2) is 9.17. The Hall–Kier alpha value is -1.92. The van der Waals surface area contributed by atoms with Gasteiger partial charge in [0.2, 0.25) is 0 Å². The molecule has 0 radical (unpaired) electrons. The Morgan fingerprint density at radius 3 is 2.32 bits per heavy atom. The smallest absolute Gasteiger partial charge is 0.418 e. The fourth-order valence-electron chi connectivity index (χ4n) is 1.83. The molecule has 0 N–H and O–H groups in total. The highest BCUT2D eigenvalue weighted by molar-refractivity contribution is 6.50. The predicted octanol–water partition coefficient (Wildman–Crippen LogP) is 4.80. The van der Waals surface area contributed by atoms with E-state index < -0.39 is 7.25 Å². The number of unbranched alkanes of at least 4 members (excludes halogenated alkanes) is 1. The van der Waals surface area contributed by atoms with Gasteiger partial charge in [-0.1, -0.05) is 43.7 Å². The van der Waals surface area contributed by atoms with Crippen LogP contribution in [0.1, 0.15) is 25.3 Å². The molecule has 0 bridgehead atoms. The van der Waals surface area contributed by atoms with Crippen LogP contribution in [0.5, 0.6) is 0 Å². The summed E-state index contributed by atoms with van der Waals surface area (Å²) in [4.78, 5) is 4.56. The highest BCUT2D eigenvalue weighted by Crippen LogP contribution is 2.10. The molecule has 0 fully saturated rings. The summed E-state index contributed by atoms with van der Waals surface area (Å²) >= 11 is 0. The van der Waals surface area contributed by atoms with Crippen LogP contribution in [-0.4, -0.2) is 30.3 Å². The Balaban J connectivity index is 0.000000422. The van der Waals surface area contributed by atoms with Gasteiger partial charge in [0.15, 0.2) is 0 Å². The van der Waals surface area contributed by atoms with Gasteiger partial charge < -0.3 is 27.1 Å². The first-order chi connectivity index (χ1) is 10.4. The number of halogens is 4. The first-order valence-electron chi connectivity index (χ1n) is 7.17. The van der Waals surface area contributed by atoms with E-state index in [1.807, 2.05) is 6.07 Å². The summed E-state index contributed by atoms with van der Waals surface area (Å²) < 4.78 is 39.0.